The zero-order valence-electron chi connectivity index (χ0n) is 8.97. The fourth-order valence-corrected chi connectivity index (χ4v) is 1.56. The molecule has 0 aliphatic heterocycles. The Hall–Kier alpha value is -2.11. The van der Waals surface area contributed by atoms with Crippen LogP contribution in [-0.2, 0) is 11.3 Å². The van der Waals surface area contributed by atoms with Gasteiger partial charge in [-0.2, -0.15) is 0 Å². The van der Waals surface area contributed by atoms with E-state index >= 15 is 0 Å². The average molecular weight is 219 g/mol. The molecule has 0 bridgehead atoms. The number of likely N-dealkylation sites (N-methyl/N-ethyl adjacent to an activating group) is 1. The summed E-state index contributed by atoms with van der Waals surface area (Å²) in [6.07, 6.45) is 3.28. The maximum Gasteiger partial charge on any atom is 0.240 e. The van der Waals surface area contributed by atoms with Gasteiger partial charge in [-0.3, -0.25) is 9.78 Å². The number of aromatic nitrogens is 3. The number of rotatable bonds is 3. The van der Waals surface area contributed by atoms with E-state index < -0.39 is 0 Å². The Bertz CT molecular complexity index is 519. The van der Waals surface area contributed by atoms with E-state index in [4.69, 9.17) is 5.73 Å². The quantitative estimate of drug-likeness (QED) is 0.769. The van der Waals surface area contributed by atoms with E-state index in [9.17, 15) is 4.79 Å². The molecule has 0 saturated heterocycles. The molecule has 0 spiro atoms. The van der Waals surface area contributed by atoms with Gasteiger partial charge in [0.05, 0.1) is 11.7 Å². The van der Waals surface area contributed by atoms with E-state index in [2.05, 4.69) is 15.3 Å². The SMILES string of the molecule is CCNC(=O)Cn1c(N)nc2cnccc21. The largest absolute Gasteiger partial charge is 0.369 e. The van der Waals surface area contributed by atoms with Crippen molar-refractivity contribution in [2.75, 3.05) is 12.3 Å². The predicted octanol–water partition coefficient (Wildman–Crippen LogP) is 0.150. The fourth-order valence-electron chi connectivity index (χ4n) is 1.56. The van der Waals surface area contributed by atoms with Gasteiger partial charge < -0.3 is 15.6 Å². The second kappa shape index (κ2) is 4.18. The van der Waals surface area contributed by atoms with Gasteiger partial charge in [0.25, 0.3) is 0 Å². The molecule has 84 valence electrons. The minimum absolute atomic E-state index is 0.0784. The molecule has 0 unspecified atom stereocenters. The summed E-state index contributed by atoms with van der Waals surface area (Å²) in [4.78, 5) is 19.6. The number of nitrogens with two attached hydrogens (primary N) is 1. The second-order valence-corrected chi connectivity index (χ2v) is 3.37. The van der Waals surface area contributed by atoms with Crippen LogP contribution >= 0.6 is 0 Å². The molecule has 0 aromatic carbocycles. The van der Waals surface area contributed by atoms with Gasteiger partial charge >= 0.3 is 0 Å². The topological polar surface area (TPSA) is 85.8 Å². The molecule has 0 fully saturated rings. The molecule has 2 aromatic heterocycles. The molecule has 1 amide bonds. The minimum Gasteiger partial charge on any atom is -0.369 e. The molecule has 2 rings (SSSR count). The lowest BCUT2D eigenvalue weighted by Crippen LogP contribution is -2.27. The van der Waals surface area contributed by atoms with Crippen LogP contribution < -0.4 is 11.1 Å². The van der Waals surface area contributed by atoms with Crippen LogP contribution in [0.15, 0.2) is 18.5 Å². The minimum atomic E-state index is -0.0784. The van der Waals surface area contributed by atoms with E-state index in [0.29, 0.717) is 18.0 Å². The third kappa shape index (κ3) is 1.81. The Morgan fingerprint density at radius 3 is 3.19 bits per heavy atom. The van der Waals surface area contributed by atoms with Gasteiger partial charge in [0.2, 0.25) is 11.9 Å². The number of pyridine rings is 1. The van der Waals surface area contributed by atoms with E-state index in [1.165, 1.54) is 0 Å². The van der Waals surface area contributed by atoms with E-state index in [-0.39, 0.29) is 12.5 Å². The van der Waals surface area contributed by atoms with Crippen molar-refractivity contribution < 1.29 is 4.79 Å². The van der Waals surface area contributed by atoms with Crippen molar-refractivity contribution >= 4 is 22.9 Å². The monoisotopic (exact) mass is 219 g/mol. The maximum atomic E-state index is 11.5. The summed E-state index contributed by atoms with van der Waals surface area (Å²) in [5.74, 6) is 0.250. The number of carbonyl (C=O) groups excluding carboxylic acids is 1. The Kier molecular flexibility index (Phi) is 2.72. The van der Waals surface area contributed by atoms with Gasteiger partial charge in [-0.1, -0.05) is 0 Å². The molecule has 6 nitrogen and oxygen atoms in total. The normalized spacial score (nSPS) is 10.6. The molecule has 0 aliphatic carbocycles. The third-order valence-electron chi connectivity index (χ3n) is 2.26. The predicted molar refractivity (Wildman–Crippen MR) is 60.6 cm³/mol. The number of nitrogens with zero attached hydrogens (tertiary/aromatic N) is 3. The van der Waals surface area contributed by atoms with Crippen LogP contribution in [0.5, 0.6) is 0 Å². The number of amides is 1. The van der Waals surface area contributed by atoms with Crippen molar-refractivity contribution in [2.24, 2.45) is 0 Å². The first kappa shape index (κ1) is 10.4. The van der Waals surface area contributed by atoms with Crippen molar-refractivity contribution in [3.63, 3.8) is 0 Å². The number of nitrogens with one attached hydrogen (secondary N) is 1. The number of hydrogen-bond acceptors (Lipinski definition) is 4. The van der Waals surface area contributed by atoms with Crippen LogP contribution in [0.3, 0.4) is 0 Å². The molecule has 3 N–H and O–H groups in total. The average Bonchev–Trinajstić information content (AvgIpc) is 2.56. The highest BCUT2D eigenvalue weighted by Crippen LogP contribution is 2.15. The van der Waals surface area contributed by atoms with Gasteiger partial charge in [0, 0.05) is 12.7 Å². The van der Waals surface area contributed by atoms with E-state index in [1.54, 1.807) is 23.0 Å². The summed E-state index contributed by atoms with van der Waals surface area (Å²) in [6.45, 7) is 2.66. The Morgan fingerprint density at radius 1 is 1.62 bits per heavy atom. The molecule has 0 atom stereocenters. The summed E-state index contributed by atoms with van der Waals surface area (Å²) < 4.78 is 1.67. The van der Waals surface area contributed by atoms with Crippen molar-refractivity contribution in [1.82, 2.24) is 19.9 Å². The standard InChI is InChI=1S/C10H13N5O/c1-2-13-9(16)6-15-8-3-4-12-5-7(8)14-10(15)11/h3-5H,2,6H2,1H3,(H2,11,14)(H,13,16). The van der Waals surface area contributed by atoms with Crippen LogP contribution in [0.4, 0.5) is 5.95 Å². The number of hydrogen-bond donors (Lipinski definition) is 2. The van der Waals surface area contributed by atoms with Crippen molar-refractivity contribution in [3.8, 4) is 0 Å². The first-order valence-corrected chi connectivity index (χ1v) is 5.04. The zero-order valence-corrected chi connectivity index (χ0v) is 8.97. The van der Waals surface area contributed by atoms with E-state index in [1.807, 2.05) is 6.92 Å². The second-order valence-electron chi connectivity index (χ2n) is 3.37. The number of carbonyl (C=O) groups is 1. The number of imidazole rings is 1. The van der Waals surface area contributed by atoms with Crippen molar-refractivity contribution in [2.45, 2.75) is 13.5 Å². The molecule has 0 saturated carbocycles. The van der Waals surface area contributed by atoms with Gasteiger partial charge in [-0.05, 0) is 13.0 Å². The first-order chi connectivity index (χ1) is 7.72. The third-order valence-corrected chi connectivity index (χ3v) is 2.26. The molecule has 2 heterocycles. The molecular formula is C10H13N5O. The molecule has 6 heteroatoms. The Balaban J connectivity index is 2.36. The van der Waals surface area contributed by atoms with Gasteiger partial charge in [0.1, 0.15) is 12.1 Å². The highest BCUT2D eigenvalue weighted by atomic mass is 16.1. The van der Waals surface area contributed by atoms with Gasteiger partial charge in [0.15, 0.2) is 0 Å². The van der Waals surface area contributed by atoms with Crippen molar-refractivity contribution in [1.29, 1.82) is 0 Å². The highest BCUT2D eigenvalue weighted by Gasteiger charge is 2.10. The van der Waals surface area contributed by atoms with Crippen LogP contribution in [0, 0.1) is 0 Å². The van der Waals surface area contributed by atoms with Crippen molar-refractivity contribution in [3.05, 3.63) is 18.5 Å². The maximum absolute atomic E-state index is 11.5. The summed E-state index contributed by atoms with van der Waals surface area (Å²) in [5.41, 5.74) is 7.26. The van der Waals surface area contributed by atoms with Gasteiger partial charge in [-0.15, -0.1) is 0 Å². The number of anilines is 1. The lowest BCUT2D eigenvalue weighted by atomic mass is 10.4. The Morgan fingerprint density at radius 2 is 2.44 bits per heavy atom. The molecule has 0 radical (unpaired) electrons. The number of fused-ring (bicyclic) bond motifs is 1. The summed E-state index contributed by atoms with van der Waals surface area (Å²) >= 11 is 0. The Labute approximate surface area is 92.5 Å². The number of nitrogen functional groups attached to an aromatic ring is 1. The molecule has 16 heavy (non-hydrogen) atoms. The smallest absolute Gasteiger partial charge is 0.240 e. The lowest BCUT2D eigenvalue weighted by molar-refractivity contribution is -0.121. The molecule has 0 aliphatic rings. The molecular weight excluding hydrogens is 206 g/mol. The fraction of sp³-hybridized carbons (Fsp3) is 0.300. The first-order valence-electron chi connectivity index (χ1n) is 5.04. The summed E-state index contributed by atoms with van der Waals surface area (Å²) in [5, 5.41) is 2.72. The zero-order chi connectivity index (χ0) is 11.5. The van der Waals surface area contributed by atoms with Crippen LogP contribution in [0.1, 0.15) is 6.92 Å². The lowest BCUT2D eigenvalue weighted by Gasteiger charge is -2.05. The van der Waals surface area contributed by atoms with Crippen LogP contribution in [0.2, 0.25) is 0 Å². The van der Waals surface area contributed by atoms with E-state index in [0.717, 1.165) is 5.52 Å². The summed E-state index contributed by atoms with van der Waals surface area (Å²) in [7, 11) is 0. The van der Waals surface area contributed by atoms with Gasteiger partial charge in [-0.25, -0.2) is 4.98 Å². The van der Waals surface area contributed by atoms with Crippen LogP contribution in [0.25, 0.3) is 11.0 Å². The van der Waals surface area contributed by atoms with Crippen LogP contribution in [-0.4, -0.2) is 27.0 Å². The highest BCUT2D eigenvalue weighted by molar-refractivity contribution is 5.82. The summed E-state index contributed by atoms with van der Waals surface area (Å²) in [6, 6.07) is 1.79. The molecule has 2 aromatic rings.